The number of halogens is 1. The molecule has 0 spiro atoms. The van der Waals surface area contributed by atoms with Gasteiger partial charge >= 0.3 is 13.5 Å². The number of aromatic amines is 1. The zero-order valence-electron chi connectivity index (χ0n) is 11.5. The van der Waals surface area contributed by atoms with Crippen molar-refractivity contribution in [3.63, 3.8) is 0 Å². The van der Waals surface area contributed by atoms with Gasteiger partial charge in [-0.2, -0.15) is 0 Å². The molecule has 1 aromatic rings. The molecule has 11 nitrogen and oxygen atoms in total. The number of alkyl halides is 1. The smallest absolute Gasteiger partial charge is 0.391 e. The van der Waals surface area contributed by atoms with Gasteiger partial charge in [0, 0.05) is 12.6 Å². The molecule has 23 heavy (non-hydrogen) atoms. The van der Waals surface area contributed by atoms with E-state index in [1.165, 1.54) is 0 Å². The summed E-state index contributed by atoms with van der Waals surface area (Å²) in [6.45, 7) is -1.88. The van der Waals surface area contributed by atoms with E-state index in [-0.39, 0.29) is 5.56 Å². The highest BCUT2D eigenvalue weighted by molar-refractivity contribution is 7.46. The number of phosphoric acid groups is 1. The predicted molar refractivity (Wildman–Crippen MR) is 69.8 cm³/mol. The minimum Gasteiger partial charge on any atom is -0.391 e. The number of aromatic nitrogens is 2. The molecule has 1 saturated heterocycles. The summed E-state index contributed by atoms with van der Waals surface area (Å²) in [6.07, 6.45) is -2.96. The molecule has 130 valence electrons. The van der Waals surface area contributed by atoms with Crippen molar-refractivity contribution in [2.24, 2.45) is 0 Å². The first-order valence-corrected chi connectivity index (χ1v) is 7.78. The van der Waals surface area contributed by atoms with Crippen LogP contribution in [-0.2, 0) is 20.4 Å². The van der Waals surface area contributed by atoms with E-state index in [4.69, 9.17) is 19.6 Å². The summed E-state index contributed by atoms with van der Waals surface area (Å²) in [5.74, 6) is -2.75. The summed E-state index contributed by atoms with van der Waals surface area (Å²) in [4.78, 5) is 42.1. The highest BCUT2D eigenvalue weighted by Gasteiger charge is 2.49. The Morgan fingerprint density at radius 1 is 1.52 bits per heavy atom. The van der Waals surface area contributed by atoms with Crippen LogP contribution in [0, 0.1) is 0 Å². The Labute approximate surface area is 127 Å². The Morgan fingerprint density at radius 2 is 2.17 bits per heavy atom. The molecule has 0 unspecified atom stereocenters. The molecule has 3 atom stereocenters. The summed E-state index contributed by atoms with van der Waals surface area (Å²) >= 11 is 0. The number of H-pyrrole nitrogens is 1. The summed E-state index contributed by atoms with van der Waals surface area (Å²) in [6, 6.07) is 0. The lowest BCUT2D eigenvalue weighted by molar-refractivity contribution is -0.178. The number of nitrogens with zero attached hydrogens (tertiary/aromatic N) is 1. The third kappa shape index (κ3) is 4.12. The molecule has 5 N–H and O–H groups in total. The maximum Gasteiger partial charge on any atom is 0.469 e. The third-order valence-corrected chi connectivity index (χ3v) is 3.57. The fourth-order valence-electron chi connectivity index (χ4n) is 2.10. The van der Waals surface area contributed by atoms with Crippen LogP contribution in [0.5, 0.6) is 0 Å². The fourth-order valence-corrected chi connectivity index (χ4v) is 2.46. The van der Waals surface area contributed by atoms with Crippen molar-refractivity contribution in [1.29, 1.82) is 0 Å². The second kappa shape index (κ2) is 6.24. The average molecular weight is 356 g/mol. The van der Waals surface area contributed by atoms with Crippen molar-refractivity contribution in [3.05, 3.63) is 32.6 Å². The van der Waals surface area contributed by atoms with Crippen molar-refractivity contribution in [2.45, 2.75) is 31.2 Å². The summed E-state index contributed by atoms with van der Waals surface area (Å²) in [5.41, 5.74) is -2.09. The number of aliphatic hydroxyl groups is 2. The number of hydrogen-bond acceptors (Lipinski definition) is 7. The molecule has 1 aliphatic heterocycles. The molecular formula is C10H14FN2O9P. The number of aliphatic hydroxyl groups excluding tert-OH is 2. The van der Waals surface area contributed by atoms with E-state index in [1.54, 1.807) is 0 Å². The van der Waals surface area contributed by atoms with Gasteiger partial charge in [-0.3, -0.25) is 18.9 Å². The van der Waals surface area contributed by atoms with E-state index < -0.39 is 56.9 Å². The lowest BCUT2D eigenvalue weighted by Crippen LogP contribution is -2.37. The van der Waals surface area contributed by atoms with E-state index in [9.17, 15) is 23.7 Å². The average Bonchev–Trinajstić information content (AvgIpc) is 2.72. The molecule has 1 fully saturated rings. The van der Waals surface area contributed by atoms with Crippen LogP contribution in [0.15, 0.2) is 15.8 Å². The molecule has 2 rings (SSSR count). The maximum absolute atomic E-state index is 14.3. The molecule has 0 bridgehead atoms. The molecule has 1 aromatic heterocycles. The van der Waals surface area contributed by atoms with Gasteiger partial charge in [-0.25, -0.2) is 13.8 Å². The quantitative estimate of drug-likeness (QED) is 0.377. The number of phosphoric ester groups is 1. The lowest BCUT2D eigenvalue weighted by Gasteiger charge is -2.21. The highest BCUT2D eigenvalue weighted by Crippen LogP contribution is 2.42. The Morgan fingerprint density at radius 3 is 2.74 bits per heavy atom. The van der Waals surface area contributed by atoms with Crippen LogP contribution in [0.25, 0.3) is 0 Å². The van der Waals surface area contributed by atoms with Crippen molar-refractivity contribution in [1.82, 2.24) is 9.55 Å². The van der Waals surface area contributed by atoms with Gasteiger partial charge in [0.1, 0.15) is 12.7 Å². The molecule has 1 aliphatic rings. The first-order chi connectivity index (χ1) is 10.5. The van der Waals surface area contributed by atoms with Crippen LogP contribution in [0.1, 0.15) is 18.2 Å². The largest absolute Gasteiger partial charge is 0.469 e. The van der Waals surface area contributed by atoms with Gasteiger partial charge < -0.3 is 24.7 Å². The molecule has 0 saturated carbocycles. The number of ether oxygens (including phenoxy) is 1. The molecule has 13 heteroatoms. The fraction of sp³-hybridized carbons (Fsp3) is 0.600. The van der Waals surface area contributed by atoms with E-state index in [0.29, 0.717) is 4.57 Å². The predicted octanol–water partition coefficient (Wildman–Crippen LogP) is -1.92. The maximum atomic E-state index is 14.3. The van der Waals surface area contributed by atoms with Crippen LogP contribution < -0.4 is 11.2 Å². The monoisotopic (exact) mass is 356 g/mol. The van der Waals surface area contributed by atoms with Crippen LogP contribution >= 0.6 is 7.82 Å². The molecule has 0 amide bonds. The van der Waals surface area contributed by atoms with E-state index >= 15 is 0 Å². The second-order valence-electron chi connectivity index (χ2n) is 4.91. The lowest BCUT2D eigenvalue weighted by atomic mass is 10.2. The van der Waals surface area contributed by atoms with Crippen molar-refractivity contribution in [2.75, 3.05) is 6.61 Å². The Kier molecular flexibility index (Phi) is 4.87. The zero-order valence-corrected chi connectivity index (χ0v) is 12.4. The molecule has 0 aliphatic carbocycles. The van der Waals surface area contributed by atoms with Crippen molar-refractivity contribution < 1.29 is 38.2 Å². The van der Waals surface area contributed by atoms with Gasteiger partial charge in [0.25, 0.3) is 5.56 Å². The van der Waals surface area contributed by atoms with E-state index in [0.717, 1.165) is 6.20 Å². The molecule has 0 radical (unpaired) electrons. The van der Waals surface area contributed by atoms with Crippen LogP contribution in [0.2, 0.25) is 0 Å². The Bertz CT molecular complexity index is 743. The normalized spacial score (nSPS) is 28.2. The first-order valence-electron chi connectivity index (χ1n) is 6.25. The Hall–Kier alpha value is -1.40. The van der Waals surface area contributed by atoms with E-state index in [1.807, 2.05) is 4.98 Å². The van der Waals surface area contributed by atoms with Gasteiger partial charge in [0.15, 0.2) is 6.23 Å². The topological polar surface area (TPSA) is 171 Å². The summed E-state index contributed by atoms with van der Waals surface area (Å²) in [5, 5.41) is 18.8. The van der Waals surface area contributed by atoms with Crippen LogP contribution in [-0.4, -0.2) is 48.1 Å². The summed E-state index contributed by atoms with van der Waals surface area (Å²) < 4.78 is 34.5. The minimum atomic E-state index is -4.95. The third-order valence-electron chi connectivity index (χ3n) is 3.11. The van der Waals surface area contributed by atoms with Gasteiger partial charge in [0.05, 0.1) is 12.2 Å². The summed E-state index contributed by atoms with van der Waals surface area (Å²) in [7, 11) is -4.95. The number of hydrogen-bond donors (Lipinski definition) is 5. The van der Waals surface area contributed by atoms with Gasteiger partial charge in [-0.15, -0.1) is 0 Å². The van der Waals surface area contributed by atoms with Crippen molar-refractivity contribution in [3.8, 4) is 0 Å². The van der Waals surface area contributed by atoms with Gasteiger partial charge in [0.2, 0.25) is 5.85 Å². The highest BCUT2D eigenvalue weighted by atomic mass is 31.2. The first kappa shape index (κ1) is 17.9. The molecule has 2 heterocycles. The number of nitrogens with one attached hydrogen (secondary N) is 1. The number of rotatable bonds is 5. The molecular weight excluding hydrogens is 342 g/mol. The SMILES string of the molecule is O=c1[nH]c(=O)n([C@@H]2O[C@](F)(COP(=O)(O)O)C[C@H]2O)cc1CO. The van der Waals surface area contributed by atoms with Gasteiger partial charge in [-0.05, 0) is 0 Å². The zero-order chi connectivity index (χ0) is 17.4. The van der Waals surface area contributed by atoms with Gasteiger partial charge in [-0.1, -0.05) is 0 Å². The van der Waals surface area contributed by atoms with Crippen LogP contribution in [0.4, 0.5) is 4.39 Å². The Balaban J connectivity index is 2.27. The van der Waals surface area contributed by atoms with Crippen molar-refractivity contribution >= 4 is 7.82 Å². The second-order valence-corrected chi connectivity index (χ2v) is 6.15. The van der Waals surface area contributed by atoms with Crippen LogP contribution in [0.3, 0.4) is 0 Å². The van der Waals surface area contributed by atoms with E-state index in [2.05, 4.69) is 4.52 Å². The molecule has 0 aromatic carbocycles. The standard InChI is InChI=1S/C10H14FN2O9P/c11-10(4-21-23(18,19)20)1-6(15)8(22-10)13-2-5(3-14)7(16)12-9(13)17/h2,6,8,14-15H,1,3-4H2,(H,12,16,17)(H2,18,19,20)/t6-,8-,10+/m1/s1. The minimum absolute atomic E-state index is 0.219.